The molecule has 0 saturated heterocycles. The fraction of sp³-hybridized carbons (Fsp3) is 0.462. The van der Waals surface area contributed by atoms with E-state index in [4.69, 9.17) is 5.11 Å². The van der Waals surface area contributed by atoms with Crippen LogP contribution >= 0.6 is 15.9 Å². The van der Waals surface area contributed by atoms with Crippen LogP contribution in [0.4, 0.5) is 5.69 Å². The van der Waals surface area contributed by atoms with Crippen molar-refractivity contribution in [2.24, 2.45) is 0 Å². The number of carboxylic acid groups (broad SMARTS) is 1. The van der Waals surface area contributed by atoms with Gasteiger partial charge in [-0.05, 0) is 50.5 Å². The smallest absolute Gasteiger partial charge is 0.303 e. The van der Waals surface area contributed by atoms with E-state index in [1.807, 2.05) is 20.8 Å². The van der Waals surface area contributed by atoms with Gasteiger partial charge in [0.25, 0.3) is 0 Å². The Balaban J connectivity index is 2.65. The van der Waals surface area contributed by atoms with Gasteiger partial charge in [0.05, 0.1) is 0 Å². The molecule has 17 heavy (non-hydrogen) atoms. The molecule has 0 aliphatic carbocycles. The van der Waals surface area contributed by atoms with Gasteiger partial charge < -0.3 is 10.4 Å². The Bertz CT molecular complexity index is 395. The molecule has 1 rings (SSSR count). The van der Waals surface area contributed by atoms with Crippen LogP contribution < -0.4 is 5.32 Å². The van der Waals surface area contributed by atoms with Gasteiger partial charge in [0.2, 0.25) is 0 Å². The van der Waals surface area contributed by atoms with Crippen LogP contribution in [-0.2, 0) is 4.79 Å². The summed E-state index contributed by atoms with van der Waals surface area (Å²) in [5, 5.41) is 11.9. The van der Waals surface area contributed by atoms with Gasteiger partial charge in [-0.3, -0.25) is 4.79 Å². The van der Waals surface area contributed by atoms with Crippen LogP contribution in [0.1, 0.15) is 30.9 Å². The maximum Gasteiger partial charge on any atom is 0.303 e. The molecule has 0 aromatic heterocycles. The number of anilines is 1. The van der Waals surface area contributed by atoms with Crippen LogP contribution in [0.2, 0.25) is 0 Å². The summed E-state index contributed by atoms with van der Waals surface area (Å²) in [6.07, 6.45) is 0.826. The molecule has 0 spiro atoms. The van der Waals surface area contributed by atoms with Crippen molar-refractivity contribution in [1.82, 2.24) is 0 Å². The minimum Gasteiger partial charge on any atom is -0.481 e. The summed E-state index contributed by atoms with van der Waals surface area (Å²) in [5.74, 6) is -0.748. The maximum atomic E-state index is 10.5. The first-order chi connectivity index (χ1) is 7.90. The van der Waals surface area contributed by atoms with E-state index in [9.17, 15) is 4.79 Å². The van der Waals surface area contributed by atoms with E-state index in [0.717, 1.165) is 10.2 Å². The molecule has 0 heterocycles. The predicted molar refractivity (Wildman–Crippen MR) is 73.6 cm³/mol. The molecule has 3 nitrogen and oxygen atoms in total. The SMILES string of the molecule is Cc1cc(NC(C)CCC(=O)O)cc(C)c1Br. The van der Waals surface area contributed by atoms with E-state index >= 15 is 0 Å². The van der Waals surface area contributed by atoms with E-state index in [-0.39, 0.29) is 12.5 Å². The zero-order valence-corrected chi connectivity index (χ0v) is 12.0. The topological polar surface area (TPSA) is 49.3 Å². The highest BCUT2D eigenvalue weighted by molar-refractivity contribution is 9.10. The molecule has 4 heteroatoms. The molecule has 1 aromatic carbocycles. The second-order valence-corrected chi connectivity index (χ2v) is 5.19. The number of hydrogen-bond acceptors (Lipinski definition) is 2. The lowest BCUT2D eigenvalue weighted by Gasteiger charge is -2.16. The van der Waals surface area contributed by atoms with Gasteiger partial charge in [-0.15, -0.1) is 0 Å². The first kappa shape index (κ1) is 14.0. The molecule has 0 saturated carbocycles. The molecule has 0 fully saturated rings. The molecule has 94 valence electrons. The molecule has 0 radical (unpaired) electrons. The Morgan fingerprint density at radius 1 is 1.41 bits per heavy atom. The number of rotatable bonds is 5. The summed E-state index contributed by atoms with van der Waals surface area (Å²) in [6.45, 7) is 6.09. The molecule has 1 unspecified atom stereocenters. The Morgan fingerprint density at radius 2 is 1.94 bits per heavy atom. The summed E-state index contributed by atoms with van der Waals surface area (Å²) in [6, 6.07) is 4.29. The number of carbonyl (C=O) groups is 1. The van der Waals surface area contributed by atoms with Gasteiger partial charge >= 0.3 is 5.97 Å². The van der Waals surface area contributed by atoms with E-state index in [1.54, 1.807) is 0 Å². The van der Waals surface area contributed by atoms with Crippen LogP contribution in [0.15, 0.2) is 16.6 Å². The van der Waals surface area contributed by atoms with Crippen molar-refractivity contribution in [3.63, 3.8) is 0 Å². The number of aliphatic carboxylic acids is 1. The third-order valence-electron chi connectivity index (χ3n) is 2.64. The van der Waals surface area contributed by atoms with Crippen LogP contribution in [0.3, 0.4) is 0 Å². The predicted octanol–water partition coefficient (Wildman–Crippen LogP) is 3.73. The molecule has 0 bridgehead atoms. The second kappa shape index (κ2) is 6.05. The molecule has 0 aliphatic rings. The summed E-state index contributed by atoms with van der Waals surface area (Å²) < 4.78 is 1.13. The first-order valence-electron chi connectivity index (χ1n) is 5.65. The number of hydrogen-bond donors (Lipinski definition) is 2. The fourth-order valence-electron chi connectivity index (χ4n) is 1.73. The third-order valence-corrected chi connectivity index (χ3v) is 3.89. The van der Waals surface area contributed by atoms with Crippen molar-refractivity contribution in [1.29, 1.82) is 0 Å². The minimum absolute atomic E-state index is 0.158. The lowest BCUT2D eigenvalue weighted by Crippen LogP contribution is -2.16. The Kier molecular flexibility index (Phi) is 5.00. The van der Waals surface area contributed by atoms with Crippen molar-refractivity contribution < 1.29 is 9.90 Å². The lowest BCUT2D eigenvalue weighted by atomic mass is 10.1. The van der Waals surface area contributed by atoms with Crippen LogP contribution in [-0.4, -0.2) is 17.1 Å². The third kappa shape index (κ3) is 4.38. The number of carboxylic acids is 1. The average Bonchev–Trinajstić information content (AvgIpc) is 2.23. The van der Waals surface area contributed by atoms with Gasteiger partial charge in [-0.2, -0.15) is 0 Å². The van der Waals surface area contributed by atoms with Crippen molar-refractivity contribution in [3.05, 3.63) is 27.7 Å². The van der Waals surface area contributed by atoms with Crippen LogP contribution in [0.5, 0.6) is 0 Å². The molecule has 1 aromatic rings. The Hall–Kier alpha value is -1.03. The number of nitrogens with one attached hydrogen (secondary N) is 1. The van der Waals surface area contributed by atoms with Crippen molar-refractivity contribution in [2.75, 3.05) is 5.32 Å². The molecule has 0 aliphatic heterocycles. The molecule has 2 N–H and O–H groups in total. The van der Waals surface area contributed by atoms with Crippen LogP contribution in [0, 0.1) is 13.8 Å². The summed E-state index contributed by atoms with van der Waals surface area (Å²) in [5.41, 5.74) is 3.40. The molecular weight excluding hydrogens is 282 g/mol. The molecule has 0 amide bonds. The highest BCUT2D eigenvalue weighted by atomic mass is 79.9. The van der Waals surface area contributed by atoms with Crippen LogP contribution in [0.25, 0.3) is 0 Å². The minimum atomic E-state index is -0.748. The largest absolute Gasteiger partial charge is 0.481 e. The average molecular weight is 300 g/mol. The van der Waals surface area contributed by atoms with Gasteiger partial charge in [0.1, 0.15) is 0 Å². The Morgan fingerprint density at radius 3 is 2.41 bits per heavy atom. The second-order valence-electron chi connectivity index (χ2n) is 4.40. The van der Waals surface area contributed by atoms with Crippen molar-refractivity contribution in [2.45, 2.75) is 39.7 Å². The normalized spacial score (nSPS) is 12.2. The molecule has 1 atom stereocenters. The standard InChI is InChI=1S/C13H18BrNO2/c1-8-6-11(7-9(2)13(8)14)15-10(3)4-5-12(16)17/h6-7,10,15H,4-5H2,1-3H3,(H,16,17). The monoisotopic (exact) mass is 299 g/mol. The van der Waals surface area contributed by atoms with Gasteiger partial charge in [-0.1, -0.05) is 15.9 Å². The number of benzene rings is 1. The fourth-order valence-corrected chi connectivity index (χ4v) is 1.95. The molecular formula is C13H18BrNO2. The van der Waals surface area contributed by atoms with E-state index in [2.05, 4.69) is 33.4 Å². The number of aryl methyl sites for hydroxylation is 2. The highest BCUT2D eigenvalue weighted by Gasteiger charge is 2.07. The van der Waals surface area contributed by atoms with E-state index < -0.39 is 5.97 Å². The summed E-state index contributed by atoms with van der Waals surface area (Å²) in [4.78, 5) is 10.5. The quantitative estimate of drug-likeness (QED) is 0.871. The maximum absolute atomic E-state index is 10.5. The highest BCUT2D eigenvalue weighted by Crippen LogP contribution is 2.25. The van der Waals surface area contributed by atoms with Crippen molar-refractivity contribution in [3.8, 4) is 0 Å². The summed E-state index contributed by atoms with van der Waals surface area (Å²) in [7, 11) is 0. The zero-order valence-electron chi connectivity index (χ0n) is 10.4. The van der Waals surface area contributed by atoms with Gasteiger partial charge in [-0.25, -0.2) is 0 Å². The number of halogens is 1. The summed E-state index contributed by atoms with van der Waals surface area (Å²) >= 11 is 3.52. The van der Waals surface area contributed by atoms with Crippen molar-refractivity contribution >= 4 is 27.6 Å². The van der Waals surface area contributed by atoms with E-state index in [1.165, 1.54) is 11.1 Å². The Labute approximate surface area is 110 Å². The van der Waals surface area contributed by atoms with Gasteiger partial charge in [0.15, 0.2) is 0 Å². The van der Waals surface area contributed by atoms with Gasteiger partial charge in [0, 0.05) is 22.6 Å². The van der Waals surface area contributed by atoms with E-state index in [0.29, 0.717) is 6.42 Å². The lowest BCUT2D eigenvalue weighted by molar-refractivity contribution is -0.137. The zero-order chi connectivity index (χ0) is 13.0. The first-order valence-corrected chi connectivity index (χ1v) is 6.44.